The zero-order valence-corrected chi connectivity index (χ0v) is 26.3. The molecule has 224 valence electrons. The highest BCUT2D eigenvalue weighted by Gasteiger charge is 2.26. The highest BCUT2D eigenvalue weighted by atomic mass is 16.3. The Morgan fingerprint density at radius 1 is 0.468 bits per heavy atom. The van der Waals surface area contributed by atoms with Crippen molar-refractivity contribution in [2.75, 3.05) is 0 Å². The van der Waals surface area contributed by atoms with E-state index in [0.29, 0.717) is 5.56 Å². The third-order valence-corrected chi connectivity index (χ3v) is 9.98. The normalized spacial score (nSPS) is 12.3. The van der Waals surface area contributed by atoms with Crippen LogP contribution in [0, 0.1) is 0 Å². The van der Waals surface area contributed by atoms with Gasteiger partial charge in [0.05, 0.1) is 5.60 Å². The number of hydrogen-bond acceptors (Lipinski definition) is 2. The minimum atomic E-state index is -1.18. The summed E-state index contributed by atoms with van der Waals surface area (Å²) in [4.78, 5) is 0. The topological polar surface area (TPSA) is 40.5 Å². The molecule has 0 aliphatic carbocycles. The molecule has 0 radical (unpaired) electrons. The summed E-state index contributed by atoms with van der Waals surface area (Å²) in [5.41, 5.74) is 3.96. The fourth-order valence-electron chi connectivity index (χ4n) is 7.86. The molecule has 0 aromatic heterocycles. The maximum Gasteiger partial charge on any atom is 0.116 e. The van der Waals surface area contributed by atoms with Gasteiger partial charge >= 0.3 is 0 Å². The van der Waals surface area contributed by atoms with Gasteiger partial charge in [-0.3, -0.25) is 0 Å². The van der Waals surface area contributed by atoms with Crippen molar-refractivity contribution in [3.05, 3.63) is 151 Å². The second-order valence-electron chi connectivity index (χ2n) is 13.3. The van der Waals surface area contributed by atoms with E-state index in [1.807, 2.05) is 19.9 Å². The fraction of sp³-hybridized carbons (Fsp3) is 0.0667. The van der Waals surface area contributed by atoms with Crippen LogP contribution < -0.4 is 0 Å². The van der Waals surface area contributed by atoms with Gasteiger partial charge in [-0.1, -0.05) is 122 Å². The van der Waals surface area contributed by atoms with Crippen molar-refractivity contribution < 1.29 is 10.2 Å². The summed E-state index contributed by atoms with van der Waals surface area (Å²) in [6.07, 6.45) is 0. The van der Waals surface area contributed by atoms with E-state index >= 15 is 0 Å². The van der Waals surface area contributed by atoms with E-state index in [0.717, 1.165) is 49.4 Å². The highest BCUT2D eigenvalue weighted by molar-refractivity contribution is 6.26. The summed E-state index contributed by atoms with van der Waals surface area (Å²) in [5.74, 6) is -0.00895. The van der Waals surface area contributed by atoms with E-state index in [1.54, 1.807) is 0 Å². The Labute approximate surface area is 272 Å². The lowest BCUT2D eigenvalue weighted by Gasteiger charge is -2.26. The molecule has 0 amide bonds. The Morgan fingerprint density at radius 2 is 1.06 bits per heavy atom. The van der Waals surface area contributed by atoms with E-state index in [4.69, 9.17) is 0 Å². The third kappa shape index (κ3) is 4.08. The van der Waals surface area contributed by atoms with Crippen LogP contribution in [0.2, 0.25) is 0 Å². The van der Waals surface area contributed by atoms with Crippen molar-refractivity contribution in [3.8, 4) is 22.3 Å². The molecule has 0 fully saturated rings. The maximum atomic E-state index is 11.8. The van der Waals surface area contributed by atoms with Crippen LogP contribution in [0.5, 0.6) is 0 Å². The molecule has 9 aromatic carbocycles. The molecule has 0 unspecified atom stereocenters. The van der Waals surface area contributed by atoms with Gasteiger partial charge in [0.2, 0.25) is 0 Å². The lowest BCUT2D eigenvalue weighted by molar-refractivity contribution is 0.0792. The molecule has 9 rings (SSSR count). The summed E-state index contributed by atoms with van der Waals surface area (Å²) >= 11 is 0. The summed E-state index contributed by atoms with van der Waals surface area (Å²) in [5, 5.41) is 37.1. The van der Waals surface area contributed by atoms with Crippen LogP contribution in [0.3, 0.4) is 0 Å². The van der Waals surface area contributed by atoms with Gasteiger partial charge in [0.15, 0.2) is 0 Å². The Balaban J connectivity index is 1.38. The van der Waals surface area contributed by atoms with Crippen LogP contribution in [0.1, 0.15) is 25.0 Å². The predicted octanol–water partition coefficient (Wildman–Crippen LogP) is 12.1. The van der Waals surface area contributed by atoms with Crippen LogP contribution in [-0.4, -0.2) is 10.2 Å². The van der Waals surface area contributed by atoms with Gasteiger partial charge in [0.1, 0.15) is 5.76 Å². The molecule has 2 nitrogen and oxygen atoms in total. The monoisotopic (exact) mass is 604 g/mol. The Kier molecular flexibility index (Phi) is 5.81. The standard InChI is InChI=1S/C45H32O2/c1-26(46)37-24-40(38-23-31-18-15-27-9-4-5-12-32(27)43(31)35-14-7-6-13-33(35)38)41(45(2,3)47)25-39(37)34-21-19-30-17-16-28-10-8-11-29-20-22-36(34)44(30)42(28)29/h4-25,46-47H,1H2,2-3H3. The lowest BCUT2D eigenvalue weighted by Crippen LogP contribution is -2.17. The third-order valence-electron chi connectivity index (χ3n) is 9.98. The lowest BCUT2D eigenvalue weighted by atomic mass is 9.81. The molecule has 2 heteroatoms. The molecule has 0 saturated heterocycles. The molecule has 2 N–H and O–H groups in total. The predicted molar refractivity (Wildman–Crippen MR) is 200 cm³/mol. The molecule has 0 aliphatic heterocycles. The van der Waals surface area contributed by atoms with Crippen molar-refractivity contribution in [2.24, 2.45) is 0 Å². The molecular weight excluding hydrogens is 572 g/mol. The van der Waals surface area contributed by atoms with Crippen LogP contribution in [0.25, 0.3) is 92.6 Å². The van der Waals surface area contributed by atoms with Crippen molar-refractivity contribution in [3.63, 3.8) is 0 Å². The van der Waals surface area contributed by atoms with Gasteiger partial charge in [-0.05, 0) is 124 Å². The van der Waals surface area contributed by atoms with Gasteiger partial charge < -0.3 is 10.2 Å². The van der Waals surface area contributed by atoms with E-state index in [1.165, 1.54) is 43.1 Å². The molecule has 9 aromatic rings. The van der Waals surface area contributed by atoms with Gasteiger partial charge in [-0.15, -0.1) is 0 Å². The van der Waals surface area contributed by atoms with E-state index in [-0.39, 0.29) is 5.76 Å². The highest BCUT2D eigenvalue weighted by Crippen LogP contribution is 2.46. The molecule has 0 saturated carbocycles. The van der Waals surface area contributed by atoms with E-state index in [9.17, 15) is 10.2 Å². The fourth-order valence-corrected chi connectivity index (χ4v) is 7.86. The van der Waals surface area contributed by atoms with Gasteiger partial charge in [-0.25, -0.2) is 0 Å². The summed E-state index contributed by atoms with van der Waals surface area (Å²) < 4.78 is 0. The Hall–Kier alpha value is -5.70. The first-order chi connectivity index (χ1) is 22.8. The van der Waals surface area contributed by atoms with Crippen LogP contribution in [0.4, 0.5) is 0 Å². The first-order valence-electron chi connectivity index (χ1n) is 16.1. The van der Waals surface area contributed by atoms with Gasteiger partial charge in [0.25, 0.3) is 0 Å². The molecule has 0 aliphatic rings. The van der Waals surface area contributed by atoms with Crippen molar-refractivity contribution in [1.29, 1.82) is 0 Å². The molecule has 47 heavy (non-hydrogen) atoms. The van der Waals surface area contributed by atoms with Crippen molar-refractivity contribution in [2.45, 2.75) is 19.4 Å². The number of hydrogen-bond donors (Lipinski definition) is 2. The first-order valence-corrected chi connectivity index (χ1v) is 16.1. The van der Waals surface area contributed by atoms with Gasteiger partial charge in [-0.2, -0.15) is 0 Å². The van der Waals surface area contributed by atoms with E-state index < -0.39 is 5.60 Å². The molecule has 0 atom stereocenters. The number of rotatable bonds is 4. The molecule has 0 bridgehead atoms. The molecule has 0 spiro atoms. The largest absolute Gasteiger partial charge is 0.508 e. The smallest absolute Gasteiger partial charge is 0.116 e. The quantitative estimate of drug-likeness (QED) is 0.155. The SMILES string of the molecule is C=C(O)c1cc(-c2cc3ccc4ccccc4c3c3ccccc23)c(C(C)(C)O)cc1-c1ccc2ccc3cccc4ccc1c2c34. The number of benzene rings is 9. The van der Waals surface area contributed by atoms with Crippen LogP contribution >= 0.6 is 0 Å². The number of aliphatic hydroxyl groups excluding tert-OH is 1. The summed E-state index contributed by atoms with van der Waals surface area (Å²) in [6, 6.07) is 47.1. The second-order valence-corrected chi connectivity index (χ2v) is 13.3. The average Bonchev–Trinajstić information content (AvgIpc) is 3.09. The zero-order valence-electron chi connectivity index (χ0n) is 26.3. The second kappa shape index (κ2) is 9.90. The van der Waals surface area contributed by atoms with Crippen LogP contribution in [0.15, 0.2) is 140 Å². The molecular formula is C45H32O2. The van der Waals surface area contributed by atoms with E-state index in [2.05, 4.69) is 134 Å². The minimum absolute atomic E-state index is 0.00895. The van der Waals surface area contributed by atoms with Crippen molar-refractivity contribution >= 4 is 70.4 Å². The van der Waals surface area contributed by atoms with Crippen LogP contribution in [-0.2, 0) is 5.60 Å². The summed E-state index contributed by atoms with van der Waals surface area (Å²) in [7, 11) is 0. The van der Waals surface area contributed by atoms with Gasteiger partial charge in [0, 0.05) is 5.56 Å². The Bertz CT molecular complexity index is 2730. The molecule has 0 heterocycles. The van der Waals surface area contributed by atoms with Crippen molar-refractivity contribution in [1.82, 2.24) is 0 Å². The maximum absolute atomic E-state index is 11.8. The first kappa shape index (κ1) is 27.6. The minimum Gasteiger partial charge on any atom is -0.508 e. The number of fused-ring (bicyclic) bond motifs is 5. The average molecular weight is 605 g/mol. The Morgan fingerprint density at radius 3 is 1.81 bits per heavy atom. The zero-order chi connectivity index (χ0) is 32.0. The number of aliphatic hydroxyl groups is 2. The summed E-state index contributed by atoms with van der Waals surface area (Å²) in [6.45, 7) is 7.71.